The van der Waals surface area contributed by atoms with Crippen LogP contribution in [0.1, 0.15) is 42.6 Å². The second-order valence-corrected chi connectivity index (χ2v) is 8.58. The number of aliphatic hydroxyl groups excluding tert-OH is 1. The van der Waals surface area contributed by atoms with E-state index in [4.69, 9.17) is 15.3 Å². The molecule has 0 aliphatic rings. The number of hydrogen-bond acceptors (Lipinski definition) is 7. The second kappa shape index (κ2) is 14.2. The topological polar surface area (TPSA) is 118 Å². The minimum Gasteiger partial charge on any atom is -0.508 e. The van der Waals surface area contributed by atoms with E-state index in [-0.39, 0.29) is 25.4 Å². The van der Waals surface area contributed by atoms with Crippen molar-refractivity contribution in [1.29, 1.82) is 0 Å². The van der Waals surface area contributed by atoms with Crippen LogP contribution in [0.2, 0.25) is 0 Å². The van der Waals surface area contributed by atoms with E-state index in [9.17, 15) is 15.0 Å². The van der Waals surface area contributed by atoms with Gasteiger partial charge in [-0.2, -0.15) is 0 Å². The number of para-hydroxylation sites is 1. The highest BCUT2D eigenvalue weighted by Crippen LogP contribution is 2.32. The lowest BCUT2D eigenvalue weighted by Gasteiger charge is -2.35. The Balaban J connectivity index is 1.86. The van der Waals surface area contributed by atoms with Gasteiger partial charge in [0.2, 0.25) is 0 Å². The van der Waals surface area contributed by atoms with E-state index in [1.807, 2.05) is 49.4 Å². The van der Waals surface area contributed by atoms with E-state index in [2.05, 4.69) is 4.98 Å². The number of aromatic nitrogens is 1. The number of aliphatic hydroxyl groups is 1. The van der Waals surface area contributed by atoms with Gasteiger partial charge in [-0.15, -0.1) is 0 Å². The van der Waals surface area contributed by atoms with Crippen LogP contribution in [0.15, 0.2) is 79.1 Å². The van der Waals surface area contributed by atoms with Crippen LogP contribution < -0.4 is 5.84 Å². The zero-order valence-electron chi connectivity index (χ0n) is 20.6. The Morgan fingerprint density at radius 3 is 2.44 bits per heavy atom. The molecule has 4 N–H and O–H groups in total. The van der Waals surface area contributed by atoms with Crippen molar-refractivity contribution in [3.8, 4) is 5.75 Å². The van der Waals surface area contributed by atoms with Gasteiger partial charge >= 0.3 is 6.09 Å². The highest BCUT2D eigenvalue weighted by Gasteiger charge is 2.37. The minimum absolute atomic E-state index is 0.0181. The lowest BCUT2D eigenvalue weighted by Crippen LogP contribution is -2.54. The molecule has 0 radical (unpaired) electrons. The summed E-state index contributed by atoms with van der Waals surface area (Å²) in [6.45, 7) is 2.49. The third kappa shape index (κ3) is 7.78. The maximum atomic E-state index is 12.7. The maximum absolute atomic E-state index is 12.7. The third-order valence-corrected chi connectivity index (χ3v) is 5.94. The van der Waals surface area contributed by atoms with E-state index < -0.39 is 24.3 Å². The van der Waals surface area contributed by atoms with Gasteiger partial charge < -0.3 is 19.7 Å². The number of carbonyl (C=O) groups excluding carboxylic acids is 1. The molecule has 3 rings (SSSR count). The molecule has 36 heavy (non-hydrogen) atoms. The molecule has 3 atom stereocenters. The van der Waals surface area contributed by atoms with Crippen LogP contribution in [0, 0.1) is 0 Å². The fourth-order valence-electron chi connectivity index (χ4n) is 3.90. The molecule has 3 aromatic rings. The molecule has 0 fully saturated rings. The summed E-state index contributed by atoms with van der Waals surface area (Å²) in [4.78, 5) is 16.9. The zero-order valence-corrected chi connectivity index (χ0v) is 20.6. The number of carbonyl (C=O) groups is 1. The number of unbranched alkanes of at least 4 members (excludes halogenated alkanes) is 1. The SMILES string of the molecule is CCCCOC(=O)N(N)C(Cc1ccccc1)C(O)C(OCCc1cccnc1)c1ccccc1O. The van der Waals surface area contributed by atoms with E-state index in [0.29, 0.717) is 18.4 Å². The molecule has 1 aromatic heterocycles. The number of ether oxygens (including phenoxy) is 2. The molecule has 0 bridgehead atoms. The van der Waals surface area contributed by atoms with Crippen LogP contribution in [0.5, 0.6) is 5.75 Å². The highest BCUT2D eigenvalue weighted by molar-refractivity contribution is 5.67. The number of hydrazine groups is 1. The molecular formula is C28H35N3O5. The van der Waals surface area contributed by atoms with E-state index in [0.717, 1.165) is 22.6 Å². The Labute approximate surface area is 212 Å². The predicted octanol–water partition coefficient (Wildman–Crippen LogP) is 4.17. The average Bonchev–Trinajstić information content (AvgIpc) is 2.91. The number of hydrogen-bond donors (Lipinski definition) is 3. The molecule has 192 valence electrons. The average molecular weight is 494 g/mol. The Morgan fingerprint density at radius 2 is 1.75 bits per heavy atom. The van der Waals surface area contributed by atoms with Crippen molar-refractivity contribution < 1.29 is 24.5 Å². The number of amides is 1. The van der Waals surface area contributed by atoms with E-state index in [1.54, 1.807) is 30.6 Å². The molecule has 0 aliphatic carbocycles. The Morgan fingerprint density at radius 1 is 1.03 bits per heavy atom. The molecule has 8 heteroatoms. The van der Waals surface area contributed by atoms with Crippen molar-refractivity contribution in [2.45, 2.75) is 50.9 Å². The number of nitrogens with two attached hydrogens (primary N) is 1. The van der Waals surface area contributed by atoms with Gasteiger partial charge in [0.25, 0.3) is 0 Å². The standard InChI is InChI=1S/C28H35N3O5/c1-2-3-17-36-28(34)31(29)24(19-21-10-5-4-6-11-21)26(33)27(23-13-7-8-14-25(23)32)35-18-15-22-12-9-16-30-20-22/h4-14,16,20,24,26-27,32-33H,2-3,15,17-19,29H2,1H3. The first kappa shape index (κ1) is 27.1. The summed E-state index contributed by atoms with van der Waals surface area (Å²) in [6, 6.07) is 19.0. The molecule has 0 aliphatic heterocycles. The summed E-state index contributed by atoms with van der Waals surface area (Å²) in [5, 5.41) is 23.1. The quantitative estimate of drug-likeness (QED) is 0.142. The van der Waals surface area contributed by atoms with Crippen LogP contribution >= 0.6 is 0 Å². The lowest BCUT2D eigenvalue weighted by molar-refractivity contribution is -0.0750. The molecule has 1 heterocycles. The molecule has 8 nitrogen and oxygen atoms in total. The van der Waals surface area contributed by atoms with E-state index in [1.165, 1.54) is 6.07 Å². The van der Waals surface area contributed by atoms with Crippen molar-refractivity contribution in [3.63, 3.8) is 0 Å². The first-order valence-corrected chi connectivity index (χ1v) is 12.2. The fourth-order valence-corrected chi connectivity index (χ4v) is 3.90. The number of benzene rings is 2. The van der Waals surface area contributed by atoms with Crippen LogP contribution in [0.3, 0.4) is 0 Å². The number of rotatable bonds is 13. The van der Waals surface area contributed by atoms with Crippen LogP contribution in [-0.2, 0) is 22.3 Å². The molecule has 0 spiro atoms. The second-order valence-electron chi connectivity index (χ2n) is 8.58. The normalized spacial score (nSPS) is 13.5. The molecule has 1 amide bonds. The first-order valence-electron chi connectivity index (χ1n) is 12.2. The third-order valence-electron chi connectivity index (χ3n) is 5.94. The van der Waals surface area contributed by atoms with Gasteiger partial charge in [-0.05, 0) is 42.5 Å². The van der Waals surface area contributed by atoms with Crippen molar-refractivity contribution >= 4 is 6.09 Å². The van der Waals surface area contributed by atoms with Gasteiger partial charge in [-0.25, -0.2) is 15.6 Å². The summed E-state index contributed by atoms with van der Waals surface area (Å²) in [7, 11) is 0. The van der Waals surface area contributed by atoms with Crippen molar-refractivity contribution in [2.75, 3.05) is 13.2 Å². The monoisotopic (exact) mass is 493 g/mol. The van der Waals surface area contributed by atoms with Crippen molar-refractivity contribution in [1.82, 2.24) is 9.99 Å². The van der Waals surface area contributed by atoms with Crippen LogP contribution in [0.4, 0.5) is 4.79 Å². The maximum Gasteiger partial charge on any atom is 0.424 e. The number of nitrogens with zero attached hydrogens (tertiary/aromatic N) is 2. The molecule has 3 unspecified atom stereocenters. The molecular weight excluding hydrogens is 458 g/mol. The molecule has 0 saturated heterocycles. The Bertz CT molecular complexity index is 1050. The largest absolute Gasteiger partial charge is 0.508 e. The Kier molecular flexibility index (Phi) is 10.7. The van der Waals surface area contributed by atoms with Gasteiger partial charge in [0.05, 0.1) is 19.3 Å². The summed E-state index contributed by atoms with van der Waals surface area (Å²) in [5.41, 5.74) is 2.26. The predicted molar refractivity (Wildman–Crippen MR) is 137 cm³/mol. The van der Waals surface area contributed by atoms with Gasteiger partial charge in [-0.3, -0.25) is 4.98 Å². The summed E-state index contributed by atoms with van der Waals surface area (Å²) >= 11 is 0. The fraction of sp³-hybridized carbons (Fsp3) is 0.357. The molecule has 2 aromatic carbocycles. The van der Waals surface area contributed by atoms with Crippen molar-refractivity contribution in [2.24, 2.45) is 5.84 Å². The molecule has 0 saturated carbocycles. The van der Waals surface area contributed by atoms with Gasteiger partial charge in [-0.1, -0.05) is 67.9 Å². The lowest BCUT2D eigenvalue weighted by atomic mass is 9.93. The summed E-state index contributed by atoms with van der Waals surface area (Å²) in [6.07, 6.45) is 2.90. The number of pyridine rings is 1. The van der Waals surface area contributed by atoms with Crippen LogP contribution in [0.25, 0.3) is 0 Å². The van der Waals surface area contributed by atoms with E-state index >= 15 is 0 Å². The summed E-state index contributed by atoms with van der Waals surface area (Å²) < 4.78 is 11.5. The Hall–Kier alpha value is -3.46. The number of phenols is 1. The number of phenolic OH excluding ortho intramolecular Hbond substituents is 1. The van der Waals surface area contributed by atoms with Gasteiger partial charge in [0.15, 0.2) is 0 Å². The van der Waals surface area contributed by atoms with Gasteiger partial charge in [0, 0.05) is 18.0 Å². The number of aromatic hydroxyl groups is 1. The zero-order chi connectivity index (χ0) is 25.8. The highest BCUT2D eigenvalue weighted by atomic mass is 16.6. The first-order chi connectivity index (χ1) is 17.5. The smallest absolute Gasteiger partial charge is 0.424 e. The summed E-state index contributed by atoms with van der Waals surface area (Å²) in [5.74, 6) is 6.22. The van der Waals surface area contributed by atoms with Crippen LogP contribution in [-0.4, -0.2) is 51.7 Å². The van der Waals surface area contributed by atoms with Gasteiger partial charge in [0.1, 0.15) is 18.0 Å². The minimum atomic E-state index is -1.27. The van der Waals surface area contributed by atoms with Crippen molar-refractivity contribution in [3.05, 3.63) is 95.8 Å².